The van der Waals surface area contributed by atoms with Crippen molar-refractivity contribution in [3.8, 4) is 0 Å². The highest BCUT2D eigenvalue weighted by molar-refractivity contribution is 5.83. The molecule has 0 unspecified atom stereocenters. The molecule has 8 heteroatoms. The molecular formula is C16H20FN5O2. The molecule has 128 valence electrons. The van der Waals surface area contributed by atoms with E-state index in [4.69, 9.17) is 0 Å². The zero-order valence-electron chi connectivity index (χ0n) is 13.2. The van der Waals surface area contributed by atoms with Gasteiger partial charge >= 0.3 is 6.03 Å². The second-order valence-electron chi connectivity index (χ2n) is 5.17. The minimum Gasteiger partial charge on any atom is -0.355 e. The average Bonchev–Trinajstić information content (AvgIpc) is 3.10. The lowest BCUT2D eigenvalue weighted by atomic mass is 10.2. The van der Waals surface area contributed by atoms with Crippen LogP contribution in [0.4, 0.5) is 9.18 Å². The van der Waals surface area contributed by atoms with Gasteiger partial charge in [0.25, 0.3) is 0 Å². The van der Waals surface area contributed by atoms with Crippen molar-refractivity contribution in [3.63, 3.8) is 0 Å². The van der Waals surface area contributed by atoms with Gasteiger partial charge in [0.05, 0.1) is 12.9 Å². The van der Waals surface area contributed by atoms with Crippen molar-refractivity contribution >= 4 is 11.9 Å². The first kappa shape index (κ1) is 17.5. The van der Waals surface area contributed by atoms with Gasteiger partial charge in [-0.25, -0.2) is 14.2 Å². The molecule has 0 aliphatic heterocycles. The number of rotatable bonds is 8. The Morgan fingerprint density at radius 2 is 1.92 bits per heavy atom. The van der Waals surface area contributed by atoms with Gasteiger partial charge in [-0.3, -0.25) is 4.79 Å². The predicted molar refractivity (Wildman–Crippen MR) is 86.5 cm³/mol. The van der Waals surface area contributed by atoms with E-state index < -0.39 is 6.03 Å². The smallest absolute Gasteiger partial charge is 0.315 e. The topological polar surface area (TPSA) is 88.0 Å². The number of imidazole rings is 1. The zero-order chi connectivity index (χ0) is 17.2. The Balaban J connectivity index is 1.54. The van der Waals surface area contributed by atoms with E-state index in [1.807, 2.05) is 10.8 Å². The molecule has 24 heavy (non-hydrogen) atoms. The van der Waals surface area contributed by atoms with Gasteiger partial charge in [0.1, 0.15) is 5.82 Å². The molecule has 7 nitrogen and oxygen atoms in total. The molecule has 2 rings (SSSR count). The summed E-state index contributed by atoms with van der Waals surface area (Å²) >= 11 is 0. The summed E-state index contributed by atoms with van der Waals surface area (Å²) in [5.41, 5.74) is 0.774. The fourth-order valence-corrected chi connectivity index (χ4v) is 1.98. The number of hydrogen-bond acceptors (Lipinski definition) is 3. The van der Waals surface area contributed by atoms with Crippen LogP contribution >= 0.6 is 0 Å². The van der Waals surface area contributed by atoms with Gasteiger partial charge in [0.2, 0.25) is 5.91 Å². The van der Waals surface area contributed by atoms with Crippen molar-refractivity contribution in [3.05, 3.63) is 54.4 Å². The maximum atomic E-state index is 12.8. The molecule has 0 aliphatic rings. The number of benzene rings is 1. The highest BCUT2D eigenvalue weighted by atomic mass is 19.1. The van der Waals surface area contributed by atoms with E-state index in [-0.39, 0.29) is 24.8 Å². The number of aromatic nitrogens is 2. The molecule has 1 heterocycles. The molecule has 0 bridgehead atoms. The first-order chi connectivity index (χ1) is 11.6. The van der Waals surface area contributed by atoms with E-state index >= 15 is 0 Å². The summed E-state index contributed by atoms with van der Waals surface area (Å²) < 4.78 is 14.7. The van der Waals surface area contributed by atoms with Crippen molar-refractivity contribution in [2.75, 3.05) is 13.1 Å². The summed E-state index contributed by atoms with van der Waals surface area (Å²) in [5.74, 6) is -0.578. The van der Waals surface area contributed by atoms with Crippen molar-refractivity contribution in [1.29, 1.82) is 0 Å². The van der Waals surface area contributed by atoms with Gasteiger partial charge in [-0.15, -0.1) is 0 Å². The van der Waals surface area contributed by atoms with Crippen molar-refractivity contribution in [2.45, 2.75) is 19.5 Å². The van der Waals surface area contributed by atoms with Crippen LogP contribution in [0.25, 0.3) is 0 Å². The molecule has 0 radical (unpaired) electrons. The van der Waals surface area contributed by atoms with Crippen LogP contribution in [0.3, 0.4) is 0 Å². The fraction of sp³-hybridized carbons (Fsp3) is 0.312. The van der Waals surface area contributed by atoms with Gasteiger partial charge in [-0.05, 0) is 24.1 Å². The Kier molecular flexibility index (Phi) is 6.75. The van der Waals surface area contributed by atoms with Crippen LogP contribution < -0.4 is 16.0 Å². The lowest BCUT2D eigenvalue weighted by molar-refractivity contribution is -0.120. The van der Waals surface area contributed by atoms with Gasteiger partial charge in [-0.1, -0.05) is 12.1 Å². The second kappa shape index (κ2) is 9.29. The number of urea groups is 1. The molecule has 0 atom stereocenters. The van der Waals surface area contributed by atoms with E-state index in [2.05, 4.69) is 20.9 Å². The first-order valence-electron chi connectivity index (χ1n) is 7.62. The Bertz CT molecular complexity index is 643. The van der Waals surface area contributed by atoms with E-state index in [1.54, 1.807) is 24.7 Å². The molecule has 1 aromatic carbocycles. The molecule has 0 saturated carbocycles. The number of nitrogens with zero attached hydrogens (tertiary/aromatic N) is 2. The van der Waals surface area contributed by atoms with Crippen molar-refractivity contribution < 1.29 is 14.0 Å². The van der Waals surface area contributed by atoms with Gasteiger partial charge in [0.15, 0.2) is 0 Å². The minimum atomic E-state index is -0.451. The van der Waals surface area contributed by atoms with Crippen LogP contribution in [0.2, 0.25) is 0 Å². The molecule has 3 amide bonds. The number of hydrogen-bond donors (Lipinski definition) is 3. The van der Waals surface area contributed by atoms with E-state index in [0.29, 0.717) is 6.54 Å². The standard InChI is InChI=1S/C16H20FN5O2/c17-14-4-2-13(3-5-14)10-20-16(24)21-11-15(23)19-6-1-8-22-9-7-18-12-22/h2-5,7,9,12H,1,6,8,10-11H2,(H,19,23)(H2,20,21,24). The maximum Gasteiger partial charge on any atom is 0.315 e. The third-order valence-electron chi connectivity index (χ3n) is 3.25. The van der Waals surface area contributed by atoms with E-state index in [9.17, 15) is 14.0 Å². The lowest BCUT2D eigenvalue weighted by Gasteiger charge is -2.09. The third-order valence-corrected chi connectivity index (χ3v) is 3.25. The molecule has 0 spiro atoms. The number of carbonyl (C=O) groups is 2. The number of amides is 3. The summed E-state index contributed by atoms with van der Waals surface area (Å²) in [5, 5.41) is 7.79. The number of halogens is 1. The lowest BCUT2D eigenvalue weighted by Crippen LogP contribution is -2.42. The number of aryl methyl sites for hydroxylation is 1. The summed E-state index contributed by atoms with van der Waals surface area (Å²) in [4.78, 5) is 27.1. The molecule has 3 N–H and O–H groups in total. The summed E-state index contributed by atoms with van der Waals surface area (Å²) in [6.07, 6.45) is 6.05. The monoisotopic (exact) mass is 333 g/mol. The first-order valence-corrected chi connectivity index (χ1v) is 7.62. The molecule has 0 saturated heterocycles. The Labute approximate surface area is 139 Å². The van der Waals surface area contributed by atoms with Crippen molar-refractivity contribution in [2.24, 2.45) is 0 Å². The molecular weight excluding hydrogens is 313 g/mol. The van der Waals surface area contributed by atoms with Gasteiger partial charge in [-0.2, -0.15) is 0 Å². The maximum absolute atomic E-state index is 12.8. The van der Waals surface area contributed by atoms with Gasteiger partial charge < -0.3 is 20.5 Å². The summed E-state index contributed by atoms with van der Waals surface area (Å²) in [6.45, 7) is 1.46. The van der Waals surface area contributed by atoms with Crippen LogP contribution in [-0.4, -0.2) is 34.6 Å². The van der Waals surface area contributed by atoms with Crippen LogP contribution in [0, 0.1) is 5.82 Å². The van der Waals surface area contributed by atoms with E-state index in [1.165, 1.54) is 12.1 Å². The SMILES string of the molecule is O=C(CNC(=O)NCc1ccc(F)cc1)NCCCn1ccnc1. The Hall–Kier alpha value is -2.90. The minimum absolute atomic E-state index is 0.0969. The van der Waals surface area contributed by atoms with Crippen LogP contribution in [0.5, 0.6) is 0 Å². The Morgan fingerprint density at radius 1 is 1.12 bits per heavy atom. The number of nitrogens with one attached hydrogen (secondary N) is 3. The van der Waals surface area contributed by atoms with Gasteiger partial charge in [0, 0.05) is 32.0 Å². The number of carbonyl (C=O) groups excluding carboxylic acids is 2. The van der Waals surface area contributed by atoms with Crippen molar-refractivity contribution in [1.82, 2.24) is 25.5 Å². The molecule has 2 aromatic rings. The Morgan fingerprint density at radius 3 is 2.62 bits per heavy atom. The van der Waals surface area contributed by atoms with E-state index in [0.717, 1.165) is 18.5 Å². The van der Waals surface area contributed by atoms with Crippen LogP contribution in [-0.2, 0) is 17.9 Å². The third kappa shape index (κ3) is 6.47. The summed E-state index contributed by atoms with van der Waals surface area (Å²) in [6, 6.07) is 5.37. The quantitative estimate of drug-likeness (QED) is 0.631. The summed E-state index contributed by atoms with van der Waals surface area (Å²) in [7, 11) is 0. The predicted octanol–water partition coefficient (Wildman–Crippen LogP) is 1.03. The largest absolute Gasteiger partial charge is 0.355 e. The zero-order valence-corrected chi connectivity index (χ0v) is 13.2. The normalized spacial score (nSPS) is 10.2. The fourth-order valence-electron chi connectivity index (χ4n) is 1.98. The molecule has 0 aliphatic carbocycles. The highest BCUT2D eigenvalue weighted by Crippen LogP contribution is 2.01. The molecule has 1 aromatic heterocycles. The second-order valence-corrected chi connectivity index (χ2v) is 5.17. The molecule has 0 fully saturated rings. The van der Waals surface area contributed by atoms with Crippen LogP contribution in [0.1, 0.15) is 12.0 Å². The van der Waals surface area contributed by atoms with Crippen LogP contribution in [0.15, 0.2) is 43.0 Å². The highest BCUT2D eigenvalue weighted by Gasteiger charge is 2.04. The average molecular weight is 333 g/mol.